The van der Waals surface area contributed by atoms with Crippen molar-refractivity contribution >= 4 is 24.7 Å². The van der Waals surface area contributed by atoms with Crippen LogP contribution in [0.3, 0.4) is 0 Å². The van der Waals surface area contributed by atoms with E-state index in [1.807, 2.05) is 0 Å². The van der Waals surface area contributed by atoms with E-state index in [1.54, 1.807) is 7.11 Å². The Kier molecular flexibility index (Phi) is 8.69. The Bertz CT molecular complexity index is 349. The molecule has 1 aliphatic heterocycles. The predicted molar refractivity (Wildman–Crippen MR) is 99.2 cm³/mol. The van der Waals surface area contributed by atoms with E-state index in [2.05, 4.69) is 52.0 Å². The molecule has 1 fully saturated rings. The normalized spacial score (nSPS) is 27.3. The number of hydrogen-bond donors (Lipinski definition) is 0. The maximum absolute atomic E-state index is 6.29. The lowest BCUT2D eigenvalue weighted by molar-refractivity contribution is 0.00427. The van der Waals surface area contributed by atoms with Crippen LogP contribution in [0, 0.1) is 0 Å². The highest BCUT2D eigenvalue weighted by atomic mass is 31.2. The number of hydrogen-bond acceptors (Lipinski definition) is 5. The van der Waals surface area contributed by atoms with Crippen LogP contribution in [-0.4, -0.2) is 64.8 Å². The van der Waals surface area contributed by atoms with E-state index >= 15 is 0 Å². The Morgan fingerprint density at radius 1 is 1.22 bits per heavy atom. The zero-order chi connectivity index (χ0) is 17.8. The Morgan fingerprint density at radius 3 is 2.22 bits per heavy atom. The monoisotopic (exact) mass is 361 g/mol. The second kappa shape index (κ2) is 9.28. The largest absolute Gasteiger partial charge is 0.415 e. The van der Waals surface area contributed by atoms with Gasteiger partial charge in [0.2, 0.25) is 0 Å². The van der Waals surface area contributed by atoms with Gasteiger partial charge in [0.05, 0.1) is 12.7 Å². The number of rotatable bonds is 9. The van der Waals surface area contributed by atoms with E-state index in [1.165, 1.54) is 0 Å². The summed E-state index contributed by atoms with van der Waals surface area (Å²) >= 11 is 0. The molecule has 0 aromatic heterocycles. The van der Waals surface area contributed by atoms with E-state index in [0.717, 1.165) is 0 Å². The van der Waals surface area contributed by atoms with Crippen molar-refractivity contribution in [1.82, 2.24) is 4.67 Å². The highest BCUT2D eigenvalue weighted by Gasteiger charge is 2.39. The zero-order valence-electron chi connectivity index (χ0n) is 15.9. The maximum atomic E-state index is 6.29. The summed E-state index contributed by atoms with van der Waals surface area (Å²) in [5.41, 5.74) is 0. The van der Waals surface area contributed by atoms with Crippen LogP contribution in [0.2, 0.25) is 19.6 Å². The van der Waals surface area contributed by atoms with Crippen LogP contribution in [0.5, 0.6) is 0 Å². The van der Waals surface area contributed by atoms with E-state index in [-0.39, 0.29) is 18.2 Å². The number of nitrogens with zero attached hydrogens (tertiary/aromatic N) is 1. The first kappa shape index (κ1) is 21.6. The van der Waals surface area contributed by atoms with Gasteiger partial charge in [-0.15, -0.1) is 0 Å². The average molecular weight is 361 g/mol. The van der Waals surface area contributed by atoms with Crippen LogP contribution in [-0.2, 0) is 18.2 Å². The average Bonchev–Trinajstić information content (AvgIpc) is 2.74. The van der Waals surface area contributed by atoms with Crippen LogP contribution in [0.15, 0.2) is 0 Å². The van der Waals surface area contributed by atoms with Crippen molar-refractivity contribution in [3.8, 4) is 0 Å². The van der Waals surface area contributed by atoms with Gasteiger partial charge < -0.3 is 18.2 Å². The molecule has 1 unspecified atom stereocenters. The topological polar surface area (TPSA) is 40.2 Å². The fourth-order valence-corrected chi connectivity index (χ4v) is 4.87. The summed E-state index contributed by atoms with van der Waals surface area (Å²) in [7, 11) is 4.94. The van der Waals surface area contributed by atoms with Gasteiger partial charge in [0.15, 0.2) is 8.32 Å². The van der Waals surface area contributed by atoms with Gasteiger partial charge in [-0.05, 0) is 53.8 Å². The van der Waals surface area contributed by atoms with Gasteiger partial charge in [0, 0.05) is 25.2 Å². The van der Waals surface area contributed by atoms with Crippen molar-refractivity contribution in [1.29, 1.82) is 0 Å². The highest BCUT2D eigenvalue weighted by molar-refractivity contribution is 7.44. The molecule has 1 aliphatic rings. The SMILES string of the molecule is [B][C@H]1C[C@@H](OP(OC)N(C(C)C)C(C)C)[C@@H](CO[Si](C)(C)C)O1. The summed E-state index contributed by atoms with van der Waals surface area (Å²) in [6.45, 7) is 15.6. The van der Waals surface area contributed by atoms with Crippen molar-refractivity contribution in [2.24, 2.45) is 0 Å². The first-order chi connectivity index (χ1) is 10.5. The quantitative estimate of drug-likeness (QED) is 0.464. The van der Waals surface area contributed by atoms with E-state index in [4.69, 9.17) is 26.1 Å². The summed E-state index contributed by atoms with van der Waals surface area (Å²) in [5, 5.41) is 0. The highest BCUT2D eigenvalue weighted by Crippen LogP contribution is 2.48. The molecule has 0 amide bonds. The van der Waals surface area contributed by atoms with Crippen molar-refractivity contribution in [3.63, 3.8) is 0 Å². The van der Waals surface area contributed by atoms with Gasteiger partial charge >= 0.3 is 0 Å². The molecule has 0 saturated carbocycles. The molecule has 0 N–H and O–H groups in total. The van der Waals surface area contributed by atoms with Crippen LogP contribution in [0.4, 0.5) is 0 Å². The Morgan fingerprint density at radius 2 is 1.78 bits per heavy atom. The molecule has 5 nitrogen and oxygen atoms in total. The van der Waals surface area contributed by atoms with E-state index < -0.39 is 16.8 Å². The van der Waals surface area contributed by atoms with Gasteiger partial charge in [0.25, 0.3) is 8.53 Å². The molecule has 0 aromatic carbocycles. The predicted octanol–water partition coefficient (Wildman–Crippen LogP) is 3.50. The standard InChI is InChI=1S/C15H33BNO4PSi/c1-11(2)17(12(3)4)22(18-5)21-13-9-15(16)20-14(13)10-19-23(6,7)8/h11-15H,9-10H2,1-8H3/t13-,14-,15-,22?/m1/s1. The lowest BCUT2D eigenvalue weighted by Crippen LogP contribution is -2.38. The lowest BCUT2D eigenvalue weighted by Gasteiger charge is -2.37. The molecular weight excluding hydrogens is 328 g/mol. The van der Waals surface area contributed by atoms with Crippen molar-refractivity contribution in [2.45, 2.75) is 84.1 Å². The number of ether oxygens (including phenoxy) is 1. The van der Waals surface area contributed by atoms with E-state index in [0.29, 0.717) is 25.1 Å². The minimum absolute atomic E-state index is 0.0904. The first-order valence-electron chi connectivity index (χ1n) is 8.39. The van der Waals surface area contributed by atoms with Gasteiger partial charge in [-0.3, -0.25) is 0 Å². The Labute approximate surface area is 145 Å². The molecule has 4 atom stereocenters. The van der Waals surface area contributed by atoms with Crippen molar-refractivity contribution in [3.05, 3.63) is 0 Å². The smallest absolute Gasteiger partial charge is 0.259 e. The fraction of sp³-hybridized carbons (Fsp3) is 1.00. The second-order valence-corrected chi connectivity index (χ2v) is 13.5. The molecule has 1 heterocycles. The molecule has 0 aromatic rings. The molecule has 0 aliphatic carbocycles. The summed E-state index contributed by atoms with van der Waals surface area (Å²) in [6.07, 6.45) is 0.455. The maximum Gasteiger partial charge on any atom is 0.259 e. The van der Waals surface area contributed by atoms with Gasteiger partial charge in [-0.25, -0.2) is 4.67 Å². The van der Waals surface area contributed by atoms with Crippen molar-refractivity contribution in [2.75, 3.05) is 13.7 Å². The summed E-state index contributed by atoms with van der Waals surface area (Å²) in [4.78, 5) is 0. The molecule has 0 spiro atoms. The molecular formula is C15H33BNO4PSi. The molecule has 1 saturated heterocycles. The third-order valence-electron chi connectivity index (χ3n) is 3.54. The third kappa shape index (κ3) is 7.10. The Balaban J connectivity index is 2.73. The van der Waals surface area contributed by atoms with Crippen LogP contribution in [0.1, 0.15) is 34.1 Å². The molecule has 1 rings (SSSR count). The summed E-state index contributed by atoms with van der Waals surface area (Å²) in [6, 6.07) is 0.387. The molecule has 0 bridgehead atoms. The van der Waals surface area contributed by atoms with Crippen LogP contribution in [0.25, 0.3) is 0 Å². The summed E-state index contributed by atoms with van der Waals surface area (Å²) in [5.74, 6) is 0. The van der Waals surface area contributed by atoms with Gasteiger partial charge in [-0.2, -0.15) is 0 Å². The Hall–Kier alpha value is 0.512. The fourth-order valence-electron chi connectivity index (χ4n) is 2.62. The van der Waals surface area contributed by atoms with Crippen LogP contribution >= 0.6 is 8.53 Å². The van der Waals surface area contributed by atoms with Crippen molar-refractivity contribution < 1.29 is 18.2 Å². The third-order valence-corrected chi connectivity index (χ3v) is 6.64. The molecule has 8 heteroatoms. The second-order valence-electron chi connectivity index (χ2n) is 7.50. The minimum atomic E-state index is -1.59. The zero-order valence-corrected chi connectivity index (χ0v) is 17.8. The molecule has 134 valence electrons. The van der Waals surface area contributed by atoms with Gasteiger partial charge in [0.1, 0.15) is 14.0 Å². The van der Waals surface area contributed by atoms with E-state index in [9.17, 15) is 0 Å². The molecule has 2 radical (unpaired) electrons. The molecule has 23 heavy (non-hydrogen) atoms. The van der Waals surface area contributed by atoms with Crippen LogP contribution < -0.4 is 0 Å². The lowest BCUT2D eigenvalue weighted by atomic mass is 9.96. The summed E-state index contributed by atoms with van der Waals surface area (Å²) < 4.78 is 26.0. The first-order valence-corrected chi connectivity index (χ1v) is 12.9. The minimum Gasteiger partial charge on any atom is -0.415 e. The van der Waals surface area contributed by atoms with Gasteiger partial charge in [-0.1, -0.05) is 0 Å².